The van der Waals surface area contributed by atoms with Crippen molar-refractivity contribution in [3.8, 4) is 5.75 Å². The van der Waals surface area contributed by atoms with E-state index in [9.17, 15) is 5.11 Å². The summed E-state index contributed by atoms with van der Waals surface area (Å²) in [6, 6.07) is 3.72. The Hall–Kier alpha value is -0.730. The Morgan fingerprint density at radius 2 is 2.33 bits per heavy atom. The summed E-state index contributed by atoms with van der Waals surface area (Å²) in [6.45, 7) is 4.01. The van der Waals surface area contributed by atoms with E-state index < -0.39 is 0 Å². The van der Waals surface area contributed by atoms with Gasteiger partial charge >= 0.3 is 0 Å². The Morgan fingerprint density at radius 3 is 3.00 bits per heavy atom. The number of phenolic OH excluding ortho intramolecular Hbond substituents is 1. The summed E-state index contributed by atoms with van der Waals surface area (Å²) in [6.07, 6.45) is 2.04. The highest BCUT2D eigenvalue weighted by Crippen LogP contribution is 2.32. The zero-order valence-electron chi connectivity index (χ0n) is 8.89. The highest BCUT2D eigenvalue weighted by atomic mass is 35.5. The average molecular weight is 226 g/mol. The van der Waals surface area contributed by atoms with Crippen molar-refractivity contribution in [2.45, 2.75) is 19.8 Å². The molecule has 0 amide bonds. The second-order valence-electron chi connectivity index (χ2n) is 4.25. The van der Waals surface area contributed by atoms with E-state index in [1.54, 1.807) is 0 Å². The van der Waals surface area contributed by atoms with E-state index in [0.29, 0.717) is 16.7 Å². The Labute approximate surface area is 95.3 Å². The highest BCUT2D eigenvalue weighted by molar-refractivity contribution is 6.31. The molecule has 82 valence electrons. The Kier molecular flexibility index (Phi) is 3.17. The quantitative estimate of drug-likeness (QED) is 0.811. The lowest BCUT2D eigenvalue weighted by Crippen LogP contribution is -2.11. The number of rotatable bonds is 2. The van der Waals surface area contributed by atoms with Crippen molar-refractivity contribution in [2.24, 2.45) is 5.92 Å². The van der Waals surface area contributed by atoms with Gasteiger partial charge in [-0.1, -0.05) is 17.7 Å². The molecule has 15 heavy (non-hydrogen) atoms. The number of aromatic hydroxyl groups is 1. The fourth-order valence-corrected chi connectivity index (χ4v) is 2.33. The van der Waals surface area contributed by atoms with Crippen LogP contribution in [0.2, 0.25) is 5.02 Å². The highest BCUT2D eigenvalue weighted by Gasteiger charge is 2.18. The van der Waals surface area contributed by atoms with Crippen molar-refractivity contribution >= 4 is 11.6 Å². The van der Waals surface area contributed by atoms with E-state index in [2.05, 4.69) is 5.32 Å². The van der Waals surface area contributed by atoms with Crippen molar-refractivity contribution in [3.05, 3.63) is 28.3 Å². The lowest BCUT2D eigenvalue weighted by molar-refractivity contribution is 0.455. The molecule has 1 fully saturated rings. The monoisotopic (exact) mass is 225 g/mol. The molecule has 0 bridgehead atoms. The SMILES string of the molecule is Cc1ccc(Cl)c(CC2CCNC2)c1O. The summed E-state index contributed by atoms with van der Waals surface area (Å²) in [5.41, 5.74) is 1.81. The van der Waals surface area contributed by atoms with Crippen LogP contribution >= 0.6 is 11.6 Å². The molecule has 0 aromatic heterocycles. The van der Waals surface area contributed by atoms with E-state index in [-0.39, 0.29) is 0 Å². The normalized spacial score (nSPS) is 20.8. The molecule has 1 aromatic carbocycles. The molecule has 2 N–H and O–H groups in total. The van der Waals surface area contributed by atoms with Gasteiger partial charge in [-0.05, 0) is 50.4 Å². The molecule has 1 aliphatic rings. The molecule has 1 heterocycles. The van der Waals surface area contributed by atoms with Crippen LogP contribution in [-0.2, 0) is 6.42 Å². The molecule has 1 aliphatic heterocycles. The number of hydrogen-bond donors (Lipinski definition) is 2. The van der Waals surface area contributed by atoms with Crippen molar-refractivity contribution < 1.29 is 5.11 Å². The van der Waals surface area contributed by atoms with Gasteiger partial charge in [0.2, 0.25) is 0 Å². The predicted molar refractivity (Wildman–Crippen MR) is 62.5 cm³/mol. The summed E-state index contributed by atoms with van der Waals surface area (Å²) in [4.78, 5) is 0. The lowest BCUT2D eigenvalue weighted by atomic mass is 9.96. The average Bonchev–Trinajstić information content (AvgIpc) is 2.71. The molecule has 0 spiro atoms. The molecule has 2 nitrogen and oxygen atoms in total. The van der Waals surface area contributed by atoms with Crippen LogP contribution in [0.5, 0.6) is 5.75 Å². The van der Waals surface area contributed by atoms with E-state index in [1.165, 1.54) is 6.42 Å². The van der Waals surface area contributed by atoms with E-state index in [1.807, 2.05) is 19.1 Å². The Balaban J connectivity index is 2.22. The zero-order valence-corrected chi connectivity index (χ0v) is 9.64. The maximum Gasteiger partial charge on any atom is 0.123 e. The number of benzene rings is 1. The van der Waals surface area contributed by atoms with Crippen LogP contribution in [0.25, 0.3) is 0 Å². The van der Waals surface area contributed by atoms with E-state index in [0.717, 1.165) is 30.6 Å². The molecule has 1 saturated heterocycles. The van der Waals surface area contributed by atoms with Crippen molar-refractivity contribution in [2.75, 3.05) is 13.1 Å². The van der Waals surface area contributed by atoms with Crippen molar-refractivity contribution in [1.29, 1.82) is 0 Å². The van der Waals surface area contributed by atoms with Gasteiger partial charge < -0.3 is 10.4 Å². The third-order valence-corrected chi connectivity index (χ3v) is 3.44. The minimum absolute atomic E-state index is 0.370. The van der Waals surface area contributed by atoms with Crippen LogP contribution < -0.4 is 5.32 Å². The fourth-order valence-electron chi connectivity index (χ4n) is 2.10. The standard InChI is InChI=1S/C12H16ClNO/c1-8-2-3-11(13)10(12(8)15)6-9-4-5-14-7-9/h2-3,9,14-15H,4-7H2,1H3. The summed E-state index contributed by atoms with van der Waals surface area (Å²) >= 11 is 6.10. The first kappa shape index (κ1) is 10.8. The smallest absolute Gasteiger partial charge is 0.123 e. The predicted octanol–water partition coefficient (Wildman–Crippen LogP) is 2.51. The molecule has 3 heteroatoms. The first-order chi connectivity index (χ1) is 7.18. The maximum absolute atomic E-state index is 9.93. The van der Waals surface area contributed by atoms with Gasteiger partial charge in [-0.15, -0.1) is 0 Å². The second kappa shape index (κ2) is 4.42. The molecule has 1 unspecified atom stereocenters. The number of halogens is 1. The summed E-state index contributed by atoms with van der Waals surface area (Å²) in [5.74, 6) is 0.976. The van der Waals surface area contributed by atoms with Gasteiger partial charge in [0.15, 0.2) is 0 Å². The van der Waals surface area contributed by atoms with Gasteiger partial charge in [0.1, 0.15) is 5.75 Å². The fraction of sp³-hybridized carbons (Fsp3) is 0.500. The van der Waals surface area contributed by atoms with Gasteiger partial charge in [-0.2, -0.15) is 0 Å². The van der Waals surface area contributed by atoms with Gasteiger partial charge in [-0.3, -0.25) is 0 Å². The Morgan fingerprint density at radius 1 is 1.53 bits per heavy atom. The summed E-state index contributed by atoms with van der Waals surface area (Å²) in [5, 5.41) is 13.9. The summed E-state index contributed by atoms with van der Waals surface area (Å²) < 4.78 is 0. The van der Waals surface area contributed by atoms with Gasteiger partial charge in [0, 0.05) is 10.6 Å². The van der Waals surface area contributed by atoms with Gasteiger partial charge in [0.25, 0.3) is 0 Å². The number of hydrogen-bond acceptors (Lipinski definition) is 2. The van der Waals surface area contributed by atoms with Crippen LogP contribution in [-0.4, -0.2) is 18.2 Å². The zero-order chi connectivity index (χ0) is 10.8. The molecule has 2 rings (SSSR count). The van der Waals surface area contributed by atoms with E-state index >= 15 is 0 Å². The third kappa shape index (κ3) is 2.27. The maximum atomic E-state index is 9.93. The molecular formula is C12H16ClNO. The number of nitrogens with one attached hydrogen (secondary N) is 1. The molecule has 0 radical (unpaired) electrons. The van der Waals surface area contributed by atoms with Crippen LogP contribution in [0.3, 0.4) is 0 Å². The second-order valence-corrected chi connectivity index (χ2v) is 4.66. The first-order valence-corrected chi connectivity index (χ1v) is 5.74. The lowest BCUT2D eigenvalue weighted by Gasteiger charge is -2.13. The van der Waals surface area contributed by atoms with Gasteiger partial charge in [-0.25, -0.2) is 0 Å². The van der Waals surface area contributed by atoms with Crippen LogP contribution in [0.1, 0.15) is 17.5 Å². The van der Waals surface area contributed by atoms with Gasteiger partial charge in [0.05, 0.1) is 0 Å². The third-order valence-electron chi connectivity index (χ3n) is 3.08. The Bertz CT molecular complexity index is 359. The topological polar surface area (TPSA) is 32.3 Å². The molecule has 1 aromatic rings. The van der Waals surface area contributed by atoms with Crippen LogP contribution in [0, 0.1) is 12.8 Å². The number of phenols is 1. The van der Waals surface area contributed by atoms with Crippen molar-refractivity contribution in [1.82, 2.24) is 5.32 Å². The molecule has 0 aliphatic carbocycles. The first-order valence-electron chi connectivity index (χ1n) is 5.36. The van der Waals surface area contributed by atoms with Crippen LogP contribution in [0.4, 0.5) is 0 Å². The van der Waals surface area contributed by atoms with Crippen LogP contribution in [0.15, 0.2) is 12.1 Å². The molecule has 0 saturated carbocycles. The molecule has 1 atom stereocenters. The minimum Gasteiger partial charge on any atom is -0.507 e. The summed E-state index contributed by atoms with van der Waals surface area (Å²) in [7, 11) is 0. The largest absolute Gasteiger partial charge is 0.507 e. The molecular weight excluding hydrogens is 210 g/mol. The number of aryl methyl sites for hydroxylation is 1. The van der Waals surface area contributed by atoms with E-state index in [4.69, 9.17) is 11.6 Å². The van der Waals surface area contributed by atoms with Crippen molar-refractivity contribution in [3.63, 3.8) is 0 Å². The minimum atomic E-state index is 0.370.